The van der Waals surface area contributed by atoms with E-state index in [4.69, 9.17) is 4.74 Å². The van der Waals surface area contributed by atoms with Gasteiger partial charge in [0.25, 0.3) is 0 Å². The van der Waals surface area contributed by atoms with Crippen LogP contribution < -0.4 is 5.32 Å². The van der Waals surface area contributed by atoms with Gasteiger partial charge in [-0.05, 0) is 33.9 Å². The minimum absolute atomic E-state index is 0.0199. The predicted molar refractivity (Wildman–Crippen MR) is 115 cm³/mol. The summed E-state index contributed by atoms with van der Waals surface area (Å²) in [6.07, 6.45) is 2.62. The van der Waals surface area contributed by atoms with Crippen molar-refractivity contribution in [2.45, 2.75) is 5.92 Å². The van der Waals surface area contributed by atoms with Crippen molar-refractivity contribution in [2.75, 3.05) is 13.2 Å². The second-order valence-corrected chi connectivity index (χ2v) is 7.08. The molecule has 156 valence electrons. The summed E-state index contributed by atoms with van der Waals surface area (Å²) in [5, 5.41) is 13.4. The van der Waals surface area contributed by atoms with Crippen LogP contribution >= 0.6 is 0 Å². The average molecular weight is 418 g/mol. The molecule has 0 unspecified atom stereocenters. The Morgan fingerprint density at radius 2 is 1.71 bits per heavy atom. The molecule has 1 N–H and O–H groups in total. The highest BCUT2D eigenvalue weighted by Gasteiger charge is 2.28. The number of halogens is 1. The third-order valence-corrected chi connectivity index (χ3v) is 5.19. The Morgan fingerprint density at radius 3 is 2.35 bits per heavy atom. The van der Waals surface area contributed by atoms with Crippen LogP contribution in [-0.2, 0) is 4.74 Å². The molecule has 0 aliphatic heterocycles. The molecule has 31 heavy (non-hydrogen) atoms. The van der Waals surface area contributed by atoms with Crippen molar-refractivity contribution >= 4 is 17.9 Å². The van der Waals surface area contributed by atoms with E-state index in [0.29, 0.717) is 5.56 Å². The lowest BCUT2D eigenvalue weighted by molar-refractivity contribution is -0.387. The molecule has 0 radical (unpaired) electrons. The van der Waals surface area contributed by atoms with Gasteiger partial charge in [0.1, 0.15) is 6.61 Å². The number of ether oxygens (including phenoxy) is 1. The van der Waals surface area contributed by atoms with Crippen LogP contribution in [0.15, 0.2) is 72.8 Å². The fourth-order valence-electron chi connectivity index (χ4n) is 3.76. The maximum Gasteiger partial charge on any atom is 0.407 e. The minimum Gasteiger partial charge on any atom is -0.449 e. The molecule has 0 bridgehead atoms. The standard InChI is InChI=1S/C24H19FN2O4/c25-22-12-11-16(14-23(22)27(29)30)6-5-13-26-24(28)31-15-21-19-9-3-1-7-17(19)18-8-2-4-10-20(18)21/h1-12,14,21H,13,15H2,(H,26,28). The predicted octanol–water partition coefficient (Wildman–Crippen LogP) is 5.29. The minimum atomic E-state index is -0.890. The van der Waals surface area contributed by atoms with Crippen LogP contribution in [0, 0.1) is 15.9 Å². The fourth-order valence-corrected chi connectivity index (χ4v) is 3.76. The molecule has 1 amide bonds. The van der Waals surface area contributed by atoms with E-state index in [1.807, 2.05) is 36.4 Å². The van der Waals surface area contributed by atoms with Gasteiger partial charge in [-0.1, -0.05) is 66.7 Å². The Labute approximate surface area is 178 Å². The Balaban J connectivity index is 1.33. The highest BCUT2D eigenvalue weighted by atomic mass is 19.1. The number of hydrogen-bond donors (Lipinski definition) is 1. The number of benzene rings is 3. The van der Waals surface area contributed by atoms with Gasteiger partial charge in [0, 0.05) is 18.5 Å². The third kappa shape index (κ3) is 4.30. The van der Waals surface area contributed by atoms with Crippen LogP contribution in [0.4, 0.5) is 14.9 Å². The largest absolute Gasteiger partial charge is 0.449 e. The van der Waals surface area contributed by atoms with Gasteiger partial charge in [-0.2, -0.15) is 4.39 Å². The SMILES string of the molecule is O=C(NCC=Cc1ccc(F)c([N+](=O)[O-])c1)OCC1c2ccccc2-c2ccccc21. The number of carbonyl (C=O) groups is 1. The first-order valence-electron chi connectivity index (χ1n) is 9.74. The van der Waals surface area contributed by atoms with Crippen molar-refractivity contribution in [3.05, 3.63) is 105 Å². The van der Waals surface area contributed by atoms with Crippen LogP contribution in [-0.4, -0.2) is 24.2 Å². The maximum atomic E-state index is 13.4. The van der Waals surface area contributed by atoms with E-state index in [0.717, 1.165) is 34.4 Å². The van der Waals surface area contributed by atoms with Crippen LogP contribution in [0.5, 0.6) is 0 Å². The molecular formula is C24H19FN2O4. The number of carbonyl (C=O) groups excluding carboxylic acids is 1. The van der Waals surface area contributed by atoms with Crippen molar-refractivity contribution < 1.29 is 18.8 Å². The van der Waals surface area contributed by atoms with Crippen molar-refractivity contribution in [3.8, 4) is 11.1 Å². The number of rotatable bonds is 6. The number of nitro groups is 1. The maximum absolute atomic E-state index is 13.4. The van der Waals surface area contributed by atoms with E-state index in [-0.39, 0.29) is 19.1 Å². The lowest BCUT2D eigenvalue weighted by atomic mass is 9.98. The zero-order chi connectivity index (χ0) is 21.8. The first kappa shape index (κ1) is 20.3. The number of alkyl carbamates (subject to hydrolysis) is 1. The van der Waals surface area contributed by atoms with Crippen molar-refractivity contribution in [3.63, 3.8) is 0 Å². The second-order valence-electron chi connectivity index (χ2n) is 7.08. The second kappa shape index (κ2) is 8.79. The van der Waals surface area contributed by atoms with E-state index in [9.17, 15) is 19.3 Å². The summed E-state index contributed by atoms with van der Waals surface area (Å²) in [5.74, 6) is -0.910. The normalized spacial score (nSPS) is 12.4. The van der Waals surface area contributed by atoms with Crippen molar-refractivity contribution in [2.24, 2.45) is 0 Å². The molecule has 7 heteroatoms. The van der Waals surface area contributed by atoms with Crippen LogP contribution in [0.3, 0.4) is 0 Å². The van der Waals surface area contributed by atoms with Gasteiger partial charge in [0.2, 0.25) is 5.82 Å². The molecule has 0 saturated carbocycles. The summed E-state index contributed by atoms with van der Waals surface area (Å²) in [4.78, 5) is 22.1. The van der Waals surface area contributed by atoms with Crippen molar-refractivity contribution in [1.29, 1.82) is 0 Å². The Bertz CT molecular complexity index is 1130. The Morgan fingerprint density at radius 1 is 1.06 bits per heavy atom. The smallest absolute Gasteiger partial charge is 0.407 e. The third-order valence-electron chi connectivity index (χ3n) is 5.19. The number of nitro benzene ring substituents is 1. The first-order chi connectivity index (χ1) is 15.0. The number of nitrogens with zero attached hydrogens (tertiary/aromatic N) is 1. The summed E-state index contributed by atoms with van der Waals surface area (Å²) >= 11 is 0. The van der Waals surface area contributed by atoms with Crippen LogP contribution in [0.2, 0.25) is 0 Å². The Kier molecular flexibility index (Phi) is 5.75. The topological polar surface area (TPSA) is 81.5 Å². The van der Waals surface area contributed by atoms with Crippen LogP contribution in [0.1, 0.15) is 22.6 Å². The van der Waals surface area contributed by atoms with E-state index < -0.39 is 22.5 Å². The molecule has 0 heterocycles. The van der Waals surface area contributed by atoms with Gasteiger partial charge >= 0.3 is 11.8 Å². The number of hydrogen-bond acceptors (Lipinski definition) is 4. The van der Waals surface area contributed by atoms with Gasteiger partial charge in [-0.15, -0.1) is 0 Å². The van der Waals surface area contributed by atoms with Crippen molar-refractivity contribution in [1.82, 2.24) is 5.32 Å². The molecule has 1 aliphatic rings. The highest BCUT2D eigenvalue weighted by Crippen LogP contribution is 2.44. The lowest BCUT2D eigenvalue weighted by Crippen LogP contribution is -2.26. The number of amides is 1. The molecule has 0 spiro atoms. The first-order valence-corrected chi connectivity index (χ1v) is 9.74. The summed E-state index contributed by atoms with van der Waals surface area (Å²) < 4.78 is 18.8. The van der Waals surface area contributed by atoms with Gasteiger partial charge in [-0.3, -0.25) is 10.1 Å². The van der Waals surface area contributed by atoms with Crippen LogP contribution in [0.25, 0.3) is 17.2 Å². The van der Waals surface area contributed by atoms with E-state index in [1.165, 1.54) is 6.07 Å². The summed E-state index contributed by atoms with van der Waals surface area (Å²) in [7, 11) is 0. The summed E-state index contributed by atoms with van der Waals surface area (Å²) in [5.41, 5.74) is 4.45. The molecule has 0 aromatic heterocycles. The Hall–Kier alpha value is -4.00. The van der Waals surface area contributed by atoms with E-state index in [2.05, 4.69) is 17.4 Å². The molecule has 0 fully saturated rings. The van der Waals surface area contributed by atoms with E-state index >= 15 is 0 Å². The highest BCUT2D eigenvalue weighted by molar-refractivity contribution is 5.79. The molecule has 6 nitrogen and oxygen atoms in total. The van der Waals surface area contributed by atoms with Gasteiger partial charge in [-0.25, -0.2) is 4.79 Å². The average Bonchev–Trinajstić information content (AvgIpc) is 3.10. The zero-order valence-electron chi connectivity index (χ0n) is 16.5. The molecule has 3 aromatic rings. The quantitative estimate of drug-likeness (QED) is 0.436. The van der Waals surface area contributed by atoms with E-state index in [1.54, 1.807) is 12.2 Å². The van der Waals surface area contributed by atoms with Gasteiger partial charge in [0.05, 0.1) is 4.92 Å². The molecule has 0 saturated heterocycles. The zero-order valence-corrected chi connectivity index (χ0v) is 16.5. The molecule has 0 atom stereocenters. The van der Waals surface area contributed by atoms with Gasteiger partial charge < -0.3 is 10.1 Å². The summed E-state index contributed by atoms with van der Waals surface area (Å²) in [6.45, 7) is 0.385. The molecular weight excluding hydrogens is 399 g/mol. The monoisotopic (exact) mass is 418 g/mol. The molecule has 1 aliphatic carbocycles. The lowest BCUT2D eigenvalue weighted by Gasteiger charge is -2.14. The summed E-state index contributed by atoms with van der Waals surface area (Å²) in [6, 6.07) is 19.8. The number of fused-ring (bicyclic) bond motifs is 3. The fraction of sp³-hybridized carbons (Fsp3) is 0.125. The number of nitrogens with one attached hydrogen (secondary N) is 1. The molecule has 4 rings (SSSR count). The van der Waals surface area contributed by atoms with Gasteiger partial charge in [0.15, 0.2) is 0 Å². The molecule has 3 aromatic carbocycles.